The first-order chi connectivity index (χ1) is 15.9. The molecule has 34 heavy (non-hydrogen) atoms. The van der Waals surface area contributed by atoms with Gasteiger partial charge in [0, 0.05) is 11.3 Å². The molecule has 0 fully saturated rings. The molecule has 0 atom stereocenters. The van der Waals surface area contributed by atoms with E-state index >= 15 is 0 Å². The summed E-state index contributed by atoms with van der Waals surface area (Å²) in [6.07, 6.45) is 2.26. The maximum absolute atomic E-state index is 14.7. The van der Waals surface area contributed by atoms with E-state index in [9.17, 15) is 26.7 Å². The van der Waals surface area contributed by atoms with Crippen LogP contribution in [0.3, 0.4) is 0 Å². The fourth-order valence-electron chi connectivity index (χ4n) is 3.92. The summed E-state index contributed by atoms with van der Waals surface area (Å²) >= 11 is 0. The molecule has 0 saturated carbocycles. The SMILES string of the molecule is CCCC[Si](C)(C)c1ccc(C(=O)Nc2cc(F)c(-c3cc(F)c(F)c(F)c3)c(F)c2)c(C)c1. The highest BCUT2D eigenvalue weighted by Crippen LogP contribution is 2.31. The van der Waals surface area contributed by atoms with E-state index in [0.717, 1.165) is 36.6 Å². The fraction of sp³-hybridized carbons (Fsp3) is 0.269. The zero-order valence-corrected chi connectivity index (χ0v) is 20.5. The van der Waals surface area contributed by atoms with Crippen LogP contribution < -0.4 is 10.5 Å². The molecule has 0 radical (unpaired) electrons. The Bertz CT molecular complexity index is 1200. The smallest absolute Gasteiger partial charge is 0.255 e. The maximum Gasteiger partial charge on any atom is 0.255 e. The van der Waals surface area contributed by atoms with Crippen molar-refractivity contribution in [1.29, 1.82) is 0 Å². The molecule has 3 rings (SSSR count). The van der Waals surface area contributed by atoms with Crippen LogP contribution in [0.25, 0.3) is 11.1 Å². The molecule has 3 aromatic rings. The number of halogens is 5. The van der Waals surface area contributed by atoms with E-state index in [1.54, 1.807) is 6.07 Å². The third kappa shape index (κ3) is 5.38. The summed E-state index contributed by atoms with van der Waals surface area (Å²) in [4.78, 5) is 12.8. The van der Waals surface area contributed by atoms with Crippen molar-refractivity contribution in [2.24, 2.45) is 0 Å². The van der Waals surface area contributed by atoms with E-state index in [1.807, 2.05) is 19.1 Å². The van der Waals surface area contributed by atoms with Crippen molar-refractivity contribution in [2.75, 3.05) is 5.32 Å². The zero-order valence-electron chi connectivity index (χ0n) is 19.5. The Kier molecular flexibility index (Phi) is 7.60. The second kappa shape index (κ2) is 10.1. The number of benzene rings is 3. The topological polar surface area (TPSA) is 29.1 Å². The van der Waals surface area contributed by atoms with Crippen molar-refractivity contribution in [2.45, 2.75) is 45.8 Å². The van der Waals surface area contributed by atoms with E-state index in [-0.39, 0.29) is 5.69 Å². The van der Waals surface area contributed by atoms with E-state index in [1.165, 1.54) is 5.19 Å². The minimum absolute atomic E-state index is 0.159. The summed E-state index contributed by atoms with van der Waals surface area (Å²) in [7, 11) is -1.64. The summed E-state index contributed by atoms with van der Waals surface area (Å²) in [6.45, 7) is 8.52. The van der Waals surface area contributed by atoms with Crippen molar-refractivity contribution >= 4 is 24.9 Å². The zero-order chi connectivity index (χ0) is 25.2. The molecule has 0 aromatic heterocycles. The van der Waals surface area contributed by atoms with Crippen LogP contribution in [0, 0.1) is 36.0 Å². The number of hydrogen-bond acceptors (Lipinski definition) is 1. The maximum atomic E-state index is 14.7. The largest absolute Gasteiger partial charge is 0.322 e. The number of aryl methyl sites for hydroxylation is 1. The first-order valence-corrected chi connectivity index (χ1v) is 14.2. The summed E-state index contributed by atoms with van der Waals surface area (Å²) < 4.78 is 69.5. The van der Waals surface area contributed by atoms with Crippen molar-refractivity contribution < 1.29 is 26.7 Å². The van der Waals surface area contributed by atoms with Crippen LogP contribution in [0.5, 0.6) is 0 Å². The van der Waals surface area contributed by atoms with Crippen molar-refractivity contribution in [3.8, 4) is 11.1 Å². The normalized spacial score (nSPS) is 11.6. The molecule has 1 amide bonds. The molecule has 3 aromatic carbocycles. The quantitative estimate of drug-likeness (QED) is 0.209. The molecule has 0 bridgehead atoms. The van der Waals surface area contributed by atoms with E-state index in [4.69, 9.17) is 0 Å². The van der Waals surface area contributed by atoms with Crippen molar-refractivity contribution in [3.05, 3.63) is 82.7 Å². The second-order valence-corrected chi connectivity index (χ2v) is 13.9. The molecule has 0 aliphatic rings. The minimum Gasteiger partial charge on any atom is -0.322 e. The van der Waals surface area contributed by atoms with Gasteiger partial charge in [0.25, 0.3) is 5.91 Å². The summed E-state index contributed by atoms with van der Waals surface area (Å²) in [5, 5.41) is 3.70. The van der Waals surface area contributed by atoms with Gasteiger partial charge >= 0.3 is 0 Å². The molecule has 0 aliphatic carbocycles. The molecule has 180 valence electrons. The van der Waals surface area contributed by atoms with Crippen LogP contribution in [0.15, 0.2) is 42.5 Å². The second-order valence-electron chi connectivity index (χ2n) is 9.04. The van der Waals surface area contributed by atoms with Crippen LogP contribution in [0.2, 0.25) is 19.1 Å². The molecule has 0 heterocycles. The Balaban J connectivity index is 1.86. The van der Waals surface area contributed by atoms with E-state index < -0.39 is 54.2 Å². The number of rotatable bonds is 7. The molecule has 0 aliphatic heterocycles. The van der Waals surface area contributed by atoms with Gasteiger partial charge in [-0.3, -0.25) is 4.79 Å². The molecule has 0 spiro atoms. The predicted octanol–water partition coefficient (Wildman–Crippen LogP) is 7.33. The van der Waals surface area contributed by atoms with Gasteiger partial charge in [-0.1, -0.05) is 56.2 Å². The number of unbranched alkanes of at least 4 members (excludes halogenated alkanes) is 1. The van der Waals surface area contributed by atoms with Gasteiger partial charge in [-0.15, -0.1) is 0 Å². The van der Waals surface area contributed by atoms with E-state index in [0.29, 0.717) is 17.7 Å². The molecule has 0 unspecified atom stereocenters. The molecular formula is C26H26F5NOSi. The van der Waals surface area contributed by atoms with Crippen LogP contribution in [-0.4, -0.2) is 14.0 Å². The van der Waals surface area contributed by atoms with Crippen molar-refractivity contribution in [1.82, 2.24) is 0 Å². The lowest BCUT2D eigenvalue weighted by atomic mass is 10.0. The van der Waals surface area contributed by atoms with Gasteiger partial charge in [0.2, 0.25) is 0 Å². The van der Waals surface area contributed by atoms with Gasteiger partial charge in [0.15, 0.2) is 17.5 Å². The highest BCUT2D eigenvalue weighted by atomic mass is 28.3. The Morgan fingerprint density at radius 2 is 1.47 bits per heavy atom. The van der Waals surface area contributed by atoms with Gasteiger partial charge in [-0.25, -0.2) is 22.0 Å². The van der Waals surface area contributed by atoms with Gasteiger partial charge in [0.1, 0.15) is 11.6 Å². The van der Waals surface area contributed by atoms with E-state index in [2.05, 4.69) is 25.3 Å². The average molecular weight is 492 g/mol. The summed E-state index contributed by atoms with van der Waals surface area (Å²) in [5.74, 6) is -7.71. The first kappa shape index (κ1) is 25.6. The highest BCUT2D eigenvalue weighted by Gasteiger charge is 2.24. The monoisotopic (exact) mass is 491 g/mol. The van der Waals surface area contributed by atoms with Gasteiger partial charge in [-0.2, -0.15) is 0 Å². The molecule has 2 nitrogen and oxygen atoms in total. The lowest BCUT2D eigenvalue weighted by Crippen LogP contribution is -2.41. The molecule has 8 heteroatoms. The van der Waals surface area contributed by atoms with Crippen LogP contribution in [0.1, 0.15) is 35.7 Å². The first-order valence-electron chi connectivity index (χ1n) is 11.0. The number of hydrogen-bond donors (Lipinski definition) is 1. The van der Waals surface area contributed by atoms with Gasteiger partial charge in [0.05, 0.1) is 13.6 Å². The number of nitrogens with one attached hydrogen (secondary N) is 1. The highest BCUT2D eigenvalue weighted by molar-refractivity contribution is 6.89. The third-order valence-electron chi connectivity index (χ3n) is 5.98. The lowest BCUT2D eigenvalue weighted by molar-refractivity contribution is 0.102. The number of anilines is 1. The molecule has 1 N–H and O–H groups in total. The number of carbonyl (C=O) groups excluding carboxylic acids is 1. The average Bonchev–Trinajstić information content (AvgIpc) is 2.75. The number of amides is 1. The van der Waals surface area contributed by atoms with Crippen LogP contribution in [-0.2, 0) is 0 Å². The molecular weight excluding hydrogens is 465 g/mol. The predicted molar refractivity (Wildman–Crippen MR) is 128 cm³/mol. The van der Waals surface area contributed by atoms with Crippen LogP contribution in [0.4, 0.5) is 27.6 Å². The minimum atomic E-state index is -1.73. The van der Waals surface area contributed by atoms with Crippen LogP contribution >= 0.6 is 0 Å². The molecule has 0 saturated heterocycles. The third-order valence-corrected chi connectivity index (χ3v) is 9.46. The van der Waals surface area contributed by atoms with Gasteiger partial charge in [-0.05, 0) is 48.4 Å². The standard InChI is InChI=1S/C26H26F5NOSi/c1-5-6-9-34(3,4)18-7-8-19(15(2)10-18)26(33)32-17-13-20(27)24(21(28)14-17)16-11-22(29)25(31)23(30)12-16/h7-8,10-14H,5-6,9H2,1-4H3,(H,32,33). The Morgan fingerprint density at radius 1 is 0.882 bits per heavy atom. The fourth-order valence-corrected chi connectivity index (χ4v) is 6.59. The Labute approximate surface area is 196 Å². The number of carbonyl (C=O) groups is 1. The lowest BCUT2D eigenvalue weighted by Gasteiger charge is -2.24. The van der Waals surface area contributed by atoms with Gasteiger partial charge < -0.3 is 5.32 Å². The Hall–Kier alpha value is -3.00. The van der Waals surface area contributed by atoms with Crippen molar-refractivity contribution in [3.63, 3.8) is 0 Å². The summed E-state index contributed by atoms with van der Waals surface area (Å²) in [5.41, 5.74) is -0.257. The summed E-state index contributed by atoms with van der Waals surface area (Å²) in [6, 6.07) is 9.50. The Morgan fingerprint density at radius 3 is 2.00 bits per heavy atom.